The lowest BCUT2D eigenvalue weighted by molar-refractivity contribution is -0.179. The van der Waals surface area contributed by atoms with Gasteiger partial charge in [0.25, 0.3) is 0 Å². The van der Waals surface area contributed by atoms with Crippen molar-refractivity contribution in [2.45, 2.75) is 83.2 Å². The van der Waals surface area contributed by atoms with Gasteiger partial charge in [-0.3, -0.25) is 0 Å². The van der Waals surface area contributed by atoms with Crippen LogP contribution in [0, 0.1) is 5.41 Å². The van der Waals surface area contributed by atoms with E-state index in [1.54, 1.807) is 0 Å². The Balaban J connectivity index is 1.47. The molecule has 0 unspecified atom stereocenters. The highest BCUT2D eigenvalue weighted by Crippen LogP contribution is 2.57. The van der Waals surface area contributed by atoms with Crippen molar-refractivity contribution in [1.29, 1.82) is 0 Å². The summed E-state index contributed by atoms with van der Waals surface area (Å²) in [5.41, 5.74) is 0.401. The molecular formula is C19H31N3O2. The molecule has 134 valence electrons. The predicted octanol–water partition coefficient (Wildman–Crippen LogP) is 3.06. The number of aryl methyl sites for hydroxylation is 1. The maximum atomic E-state index is 6.16. The van der Waals surface area contributed by atoms with E-state index < -0.39 is 0 Å². The van der Waals surface area contributed by atoms with Gasteiger partial charge >= 0.3 is 0 Å². The first-order valence-electron chi connectivity index (χ1n) is 9.78. The van der Waals surface area contributed by atoms with E-state index in [1.165, 1.54) is 25.7 Å². The number of ether oxygens (including phenoxy) is 2. The molecule has 4 atom stereocenters. The largest absolute Gasteiger partial charge is 0.378 e. The van der Waals surface area contributed by atoms with Crippen LogP contribution < -0.4 is 5.32 Å². The molecule has 2 saturated carbocycles. The van der Waals surface area contributed by atoms with Gasteiger partial charge < -0.3 is 19.4 Å². The second-order valence-corrected chi connectivity index (χ2v) is 7.60. The highest BCUT2D eigenvalue weighted by Gasteiger charge is 2.59. The number of hydrogen-bond acceptors (Lipinski definition) is 4. The lowest BCUT2D eigenvalue weighted by Gasteiger charge is -2.62. The Hall–Kier alpha value is -0.910. The summed E-state index contributed by atoms with van der Waals surface area (Å²) in [6.07, 6.45) is 12.0. The molecule has 1 saturated heterocycles. The first-order chi connectivity index (χ1) is 11.8. The fourth-order valence-corrected chi connectivity index (χ4v) is 4.98. The summed E-state index contributed by atoms with van der Waals surface area (Å²) in [7, 11) is 0. The van der Waals surface area contributed by atoms with Crippen LogP contribution in [0.25, 0.3) is 0 Å². The second kappa shape index (κ2) is 6.77. The van der Waals surface area contributed by atoms with Crippen molar-refractivity contribution < 1.29 is 9.47 Å². The number of aromatic nitrogens is 2. The molecule has 1 aromatic heterocycles. The highest BCUT2D eigenvalue weighted by atomic mass is 16.5. The van der Waals surface area contributed by atoms with E-state index in [2.05, 4.69) is 34.9 Å². The molecule has 3 fully saturated rings. The van der Waals surface area contributed by atoms with Gasteiger partial charge in [-0.05, 0) is 46.0 Å². The molecule has 0 aromatic carbocycles. The number of nitrogens with zero attached hydrogens (tertiary/aromatic N) is 2. The normalized spacial score (nSPS) is 34.8. The summed E-state index contributed by atoms with van der Waals surface area (Å²) in [6, 6.07) is 0.957. The zero-order chi connectivity index (χ0) is 16.6. The molecular weight excluding hydrogens is 302 g/mol. The van der Waals surface area contributed by atoms with Crippen molar-refractivity contribution >= 4 is 0 Å². The van der Waals surface area contributed by atoms with Gasteiger partial charge in [0.2, 0.25) is 0 Å². The van der Waals surface area contributed by atoms with Crippen LogP contribution in [0.15, 0.2) is 12.4 Å². The average molecular weight is 333 g/mol. The van der Waals surface area contributed by atoms with Gasteiger partial charge in [-0.25, -0.2) is 4.98 Å². The fraction of sp³-hybridized carbons (Fsp3) is 0.842. The van der Waals surface area contributed by atoms with Crippen LogP contribution in [-0.2, 0) is 16.0 Å². The maximum Gasteiger partial charge on any atom is 0.139 e. The summed E-state index contributed by atoms with van der Waals surface area (Å²) in [6.45, 7) is 6.90. The van der Waals surface area contributed by atoms with E-state index in [0.717, 1.165) is 38.4 Å². The first-order valence-corrected chi connectivity index (χ1v) is 9.78. The molecule has 1 aliphatic heterocycles. The molecule has 2 aliphatic carbocycles. The highest BCUT2D eigenvalue weighted by molar-refractivity contribution is 5.14. The molecule has 1 N–H and O–H groups in total. The molecule has 0 amide bonds. The van der Waals surface area contributed by atoms with Crippen LogP contribution in [0.4, 0.5) is 0 Å². The van der Waals surface area contributed by atoms with Crippen molar-refractivity contribution in [2.75, 3.05) is 13.2 Å². The van der Waals surface area contributed by atoms with Crippen molar-refractivity contribution in [3.63, 3.8) is 0 Å². The van der Waals surface area contributed by atoms with Gasteiger partial charge in [-0.1, -0.05) is 6.42 Å². The van der Waals surface area contributed by atoms with Crippen LogP contribution in [0.1, 0.15) is 64.3 Å². The van der Waals surface area contributed by atoms with E-state index in [-0.39, 0.29) is 6.10 Å². The standard InChI is InChI=1S/C19H31N3O2/c1-3-22-11-10-20-18(22)17-14(7-5-12-24-17)21-15-13-16(23-4-2)19(15)8-6-9-19/h10-11,14-17,21H,3-9,12-13H2,1-2H3/t14-,15+,16+,17-/m0/s1. The smallest absolute Gasteiger partial charge is 0.139 e. The summed E-state index contributed by atoms with van der Waals surface area (Å²) < 4.78 is 14.4. The molecule has 5 heteroatoms. The van der Waals surface area contributed by atoms with Crippen LogP contribution in [-0.4, -0.2) is 41.0 Å². The molecule has 0 radical (unpaired) electrons. The number of rotatable bonds is 6. The van der Waals surface area contributed by atoms with E-state index in [9.17, 15) is 0 Å². The molecule has 3 aliphatic rings. The third kappa shape index (κ3) is 2.61. The Morgan fingerprint density at radius 3 is 2.96 bits per heavy atom. The minimum Gasteiger partial charge on any atom is -0.378 e. The minimum atomic E-state index is 0.0805. The van der Waals surface area contributed by atoms with Gasteiger partial charge in [0.1, 0.15) is 11.9 Å². The Bertz CT molecular complexity index is 555. The Kier molecular flexibility index (Phi) is 4.67. The lowest BCUT2D eigenvalue weighted by Crippen LogP contribution is -2.68. The topological polar surface area (TPSA) is 48.3 Å². The Labute approximate surface area is 145 Å². The van der Waals surface area contributed by atoms with Crippen LogP contribution in [0.3, 0.4) is 0 Å². The molecule has 2 heterocycles. The minimum absolute atomic E-state index is 0.0805. The summed E-state index contributed by atoms with van der Waals surface area (Å²) >= 11 is 0. The van der Waals surface area contributed by atoms with E-state index >= 15 is 0 Å². The van der Waals surface area contributed by atoms with Crippen LogP contribution in [0.5, 0.6) is 0 Å². The van der Waals surface area contributed by atoms with E-state index in [0.29, 0.717) is 23.6 Å². The van der Waals surface area contributed by atoms with Crippen molar-refractivity contribution in [3.05, 3.63) is 18.2 Å². The van der Waals surface area contributed by atoms with Crippen LogP contribution in [0.2, 0.25) is 0 Å². The molecule has 1 aromatic rings. The van der Waals surface area contributed by atoms with Crippen LogP contribution >= 0.6 is 0 Å². The molecule has 0 bridgehead atoms. The zero-order valence-electron chi connectivity index (χ0n) is 15.0. The van der Waals surface area contributed by atoms with Crippen molar-refractivity contribution in [1.82, 2.24) is 14.9 Å². The fourth-order valence-electron chi connectivity index (χ4n) is 4.98. The summed E-state index contributed by atoms with van der Waals surface area (Å²) in [5, 5.41) is 3.97. The first kappa shape index (κ1) is 16.6. The SMILES string of the molecule is CCO[C@@H]1C[C@@H](N[C@H]2CCCO[C@@H]2c2nccn2CC)C12CCC2. The molecule has 5 nitrogen and oxygen atoms in total. The van der Waals surface area contributed by atoms with E-state index in [1.807, 2.05) is 6.20 Å². The van der Waals surface area contributed by atoms with Crippen molar-refractivity contribution in [2.24, 2.45) is 5.41 Å². The lowest BCUT2D eigenvalue weighted by atomic mass is 9.51. The quantitative estimate of drug-likeness (QED) is 0.869. The zero-order valence-corrected chi connectivity index (χ0v) is 15.0. The third-order valence-corrected chi connectivity index (χ3v) is 6.52. The van der Waals surface area contributed by atoms with Gasteiger partial charge in [-0.15, -0.1) is 0 Å². The van der Waals surface area contributed by atoms with Crippen molar-refractivity contribution in [3.8, 4) is 0 Å². The van der Waals surface area contributed by atoms with Gasteiger partial charge in [0.15, 0.2) is 0 Å². The Morgan fingerprint density at radius 2 is 2.25 bits per heavy atom. The summed E-state index contributed by atoms with van der Waals surface area (Å²) in [4.78, 5) is 4.60. The number of nitrogens with one attached hydrogen (secondary N) is 1. The number of imidazole rings is 1. The monoisotopic (exact) mass is 333 g/mol. The Morgan fingerprint density at radius 1 is 1.38 bits per heavy atom. The average Bonchev–Trinajstić information content (AvgIpc) is 3.01. The van der Waals surface area contributed by atoms with Gasteiger partial charge in [-0.2, -0.15) is 0 Å². The third-order valence-electron chi connectivity index (χ3n) is 6.52. The molecule has 24 heavy (non-hydrogen) atoms. The number of hydrogen-bond donors (Lipinski definition) is 1. The molecule has 4 rings (SSSR count). The van der Waals surface area contributed by atoms with Gasteiger partial charge in [0, 0.05) is 49.7 Å². The molecule has 1 spiro atoms. The van der Waals surface area contributed by atoms with E-state index in [4.69, 9.17) is 9.47 Å². The maximum absolute atomic E-state index is 6.16. The second-order valence-electron chi connectivity index (χ2n) is 7.60. The van der Waals surface area contributed by atoms with Gasteiger partial charge in [0.05, 0.1) is 6.10 Å². The predicted molar refractivity (Wildman–Crippen MR) is 92.9 cm³/mol. The summed E-state index contributed by atoms with van der Waals surface area (Å²) in [5.74, 6) is 1.08.